The van der Waals surface area contributed by atoms with Gasteiger partial charge in [-0.25, -0.2) is 4.79 Å². The van der Waals surface area contributed by atoms with E-state index in [4.69, 9.17) is 17.2 Å². The SMILES string of the molecule is NCCCC[C@H](NC(=O)CNC(=O)[C@@H]1CCCN1)C(=O)N[C@@H](CCCN=C(N)N)C(=O)O. The molecule has 0 unspecified atom stereocenters. The summed E-state index contributed by atoms with van der Waals surface area (Å²) in [5.74, 6) is -2.73. The van der Waals surface area contributed by atoms with Crippen LogP contribution in [0.15, 0.2) is 4.99 Å². The molecule has 0 saturated carbocycles. The fraction of sp³-hybridized carbons (Fsp3) is 0.737. The molecule has 1 heterocycles. The molecule has 1 aliphatic heterocycles. The second-order valence-corrected chi connectivity index (χ2v) is 7.62. The molecule has 0 bridgehead atoms. The predicted octanol–water partition coefficient (Wildman–Crippen LogP) is -2.91. The Kier molecular flexibility index (Phi) is 12.7. The number of amides is 3. The van der Waals surface area contributed by atoms with Crippen molar-refractivity contribution in [1.82, 2.24) is 21.3 Å². The summed E-state index contributed by atoms with van der Waals surface area (Å²) in [4.78, 5) is 52.3. The summed E-state index contributed by atoms with van der Waals surface area (Å²) in [6.07, 6.45) is 3.56. The predicted molar refractivity (Wildman–Crippen MR) is 118 cm³/mol. The first-order valence-electron chi connectivity index (χ1n) is 10.8. The van der Waals surface area contributed by atoms with Crippen molar-refractivity contribution in [2.24, 2.45) is 22.2 Å². The lowest BCUT2D eigenvalue weighted by Crippen LogP contribution is -2.53. The van der Waals surface area contributed by atoms with Crippen LogP contribution >= 0.6 is 0 Å². The van der Waals surface area contributed by atoms with Crippen molar-refractivity contribution in [3.8, 4) is 0 Å². The van der Waals surface area contributed by atoms with Gasteiger partial charge in [-0.15, -0.1) is 0 Å². The molecule has 1 saturated heterocycles. The minimum absolute atomic E-state index is 0.0978. The largest absolute Gasteiger partial charge is 0.480 e. The van der Waals surface area contributed by atoms with Crippen molar-refractivity contribution in [1.29, 1.82) is 0 Å². The van der Waals surface area contributed by atoms with E-state index in [0.29, 0.717) is 32.2 Å². The first-order valence-corrected chi connectivity index (χ1v) is 10.8. The van der Waals surface area contributed by atoms with Gasteiger partial charge in [0.2, 0.25) is 17.7 Å². The van der Waals surface area contributed by atoms with Crippen LogP contribution in [-0.4, -0.2) is 79.1 Å². The van der Waals surface area contributed by atoms with E-state index in [1.165, 1.54) is 0 Å². The molecular formula is C19H36N8O5. The lowest BCUT2D eigenvalue weighted by atomic mass is 10.1. The minimum atomic E-state index is -1.20. The zero-order valence-electron chi connectivity index (χ0n) is 18.3. The van der Waals surface area contributed by atoms with Gasteiger partial charge in [0.25, 0.3) is 0 Å². The van der Waals surface area contributed by atoms with Crippen LogP contribution in [0.3, 0.4) is 0 Å². The van der Waals surface area contributed by atoms with Crippen LogP contribution < -0.4 is 38.5 Å². The molecule has 32 heavy (non-hydrogen) atoms. The summed E-state index contributed by atoms with van der Waals surface area (Å²) in [5.41, 5.74) is 16.0. The van der Waals surface area contributed by atoms with Crippen LogP contribution in [-0.2, 0) is 19.2 Å². The third-order valence-corrected chi connectivity index (χ3v) is 4.96. The Morgan fingerprint density at radius 3 is 2.38 bits per heavy atom. The average Bonchev–Trinajstić information content (AvgIpc) is 3.28. The number of carbonyl (C=O) groups excluding carboxylic acids is 3. The zero-order valence-corrected chi connectivity index (χ0v) is 18.3. The molecule has 1 fully saturated rings. The lowest BCUT2D eigenvalue weighted by molar-refractivity contribution is -0.142. The van der Waals surface area contributed by atoms with Gasteiger partial charge < -0.3 is 43.6 Å². The van der Waals surface area contributed by atoms with Gasteiger partial charge in [-0.05, 0) is 58.0 Å². The number of carbonyl (C=O) groups is 4. The van der Waals surface area contributed by atoms with Crippen molar-refractivity contribution in [3.05, 3.63) is 0 Å². The molecular weight excluding hydrogens is 420 g/mol. The van der Waals surface area contributed by atoms with Crippen LogP contribution in [0.5, 0.6) is 0 Å². The highest BCUT2D eigenvalue weighted by Crippen LogP contribution is 2.06. The fourth-order valence-electron chi connectivity index (χ4n) is 3.24. The number of rotatable bonds is 15. The highest BCUT2D eigenvalue weighted by atomic mass is 16.4. The topological polar surface area (TPSA) is 227 Å². The van der Waals surface area contributed by atoms with E-state index < -0.39 is 29.9 Å². The Hall–Kier alpha value is -2.93. The van der Waals surface area contributed by atoms with E-state index in [1.807, 2.05) is 0 Å². The molecule has 3 amide bonds. The highest BCUT2D eigenvalue weighted by molar-refractivity contribution is 5.92. The number of hydrogen-bond acceptors (Lipinski definition) is 7. The van der Waals surface area contributed by atoms with E-state index in [2.05, 4.69) is 26.3 Å². The molecule has 1 rings (SSSR count). The third-order valence-electron chi connectivity index (χ3n) is 4.96. The minimum Gasteiger partial charge on any atom is -0.480 e. The van der Waals surface area contributed by atoms with Crippen LogP contribution in [0.1, 0.15) is 44.9 Å². The number of unbranched alkanes of at least 4 members (excludes halogenated alkanes) is 1. The quantitative estimate of drug-likeness (QED) is 0.0716. The lowest BCUT2D eigenvalue weighted by Gasteiger charge is -2.22. The molecule has 0 aromatic rings. The number of aliphatic carboxylic acids is 1. The molecule has 3 atom stereocenters. The number of guanidine groups is 1. The van der Waals surface area contributed by atoms with Gasteiger partial charge in [-0.1, -0.05) is 0 Å². The maximum absolute atomic E-state index is 12.7. The monoisotopic (exact) mass is 456 g/mol. The summed E-state index contributed by atoms with van der Waals surface area (Å²) < 4.78 is 0. The van der Waals surface area contributed by atoms with Crippen molar-refractivity contribution >= 4 is 29.7 Å². The number of nitrogens with two attached hydrogens (primary N) is 3. The zero-order chi connectivity index (χ0) is 23.9. The van der Waals surface area contributed by atoms with Crippen LogP contribution in [0, 0.1) is 0 Å². The Bertz CT molecular complexity index is 662. The second kappa shape index (κ2) is 15.0. The number of nitrogens with zero attached hydrogens (tertiary/aromatic N) is 1. The molecule has 0 aromatic heterocycles. The molecule has 0 spiro atoms. The van der Waals surface area contributed by atoms with Crippen molar-refractivity contribution in [3.63, 3.8) is 0 Å². The molecule has 182 valence electrons. The van der Waals surface area contributed by atoms with E-state index in [9.17, 15) is 24.3 Å². The normalized spacial score (nSPS) is 17.1. The average molecular weight is 457 g/mol. The van der Waals surface area contributed by atoms with Crippen molar-refractivity contribution in [2.75, 3.05) is 26.2 Å². The number of carboxylic acid groups (broad SMARTS) is 1. The molecule has 11 N–H and O–H groups in total. The summed E-state index contributed by atoms with van der Waals surface area (Å²) >= 11 is 0. The maximum Gasteiger partial charge on any atom is 0.326 e. The summed E-state index contributed by atoms with van der Waals surface area (Å²) in [7, 11) is 0. The molecule has 0 aromatic carbocycles. The highest BCUT2D eigenvalue weighted by Gasteiger charge is 2.27. The Morgan fingerprint density at radius 2 is 1.78 bits per heavy atom. The number of nitrogens with one attached hydrogen (secondary N) is 4. The molecule has 0 aliphatic carbocycles. The molecule has 13 heteroatoms. The third kappa shape index (κ3) is 10.9. The van der Waals surface area contributed by atoms with Gasteiger partial charge in [0.15, 0.2) is 5.96 Å². The van der Waals surface area contributed by atoms with Gasteiger partial charge in [-0.3, -0.25) is 19.4 Å². The van der Waals surface area contributed by atoms with Gasteiger partial charge in [-0.2, -0.15) is 0 Å². The van der Waals surface area contributed by atoms with E-state index in [-0.39, 0.29) is 43.8 Å². The fourth-order valence-corrected chi connectivity index (χ4v) is 3.24. The Morgan fingerprint density at radius 1 is 1.06 bits per heavy atom. The van der Waals surface area contributed by atoms with Gasteiger partial charge in [0.1, 0.15) is 12.1 Å². The Labute approximate surface area is 187 Å². The van der Waals surface area contributed by atoms with Gasteiger partial charge in [0, 0.05) is 6.54 Å². The summed E-state index contributed by atoms with van der Waals surface area (Å²) in [5, 5.41) is 20.0. The first-order chi connectivity index (χ1) is 15.2. The van der Waals surface area contributed by atoms with E-state index in [1.54, 1.807) is 0 Å². The molecule has 1 aliphatic rings. The number of hydrogen-bond donors (Lipinski definition) is 8. The maximum atomic E-state index is 12.7. The number of carboxylic acids is 1. The van der Waals surface area contributed by atoms with E-state index >= 15 is 0 Å². The summed E-state index contributed by atoms with van der Waals surface area (Å²) in [6, 6.07) is -2.42. The second-order valence-electron chi connectivity index (χ2n) is 7.62. The summed E-state index contributed by atoms with van der Waals surface area (Å²) in [6.45, 7) is 1.13. The van der Waals surface area contributed by atoms with Crippen molar-refractivity contribution in [2.45, 2.75) is 63.1 Å². The Balaban J connectivity index is 2.61. The molecule has 13 nitrogen and oxygen atoms in total. The van der Waals surface area contributed by atoms with Crippen LogP contribution in [0.25, 0.3) is 0 Å². The number of aliphatic imine (C=N–C) groups is 1. The first kappa shape index (κ1) is 27.1. The van der Waals surface area contributed by atoms with Crippen molar-refractivity contribution < 1.29 is 24.3 Å². The molecule has 0 radical (unpaired) electrons. The van der Waals surface area contributed by atoms with Gasteiger partial charge in [0.05, 0.1) is 12.6 Å². The van der Waals surface area contributed by atoms with Crippen LogP contribution in [0.4, 0.5) is 0 Å². The standard InChI is InChI=1S/C19H36N8O5/c20-8-2-1-5-13(26-15(28)11-25-16(29)12-6-3-9-23-12)17(30)27-14(18(31)32)7-4-10-24-19(21)22/h12-14,23H,1-11,20H2,(H,25,29)(H,26,28)(H,27,30)(H,31,32)(H4,21,22,24)/t12-,13-,14-/m0/s1. The van der Waals surface area contributed by atoms with Gasteiger partial charge >= 0.3 is 5.97 Å². The smallest absolute Gasteiger partial charge is 0.326 e. The van der Waals surface area contributed by atoms with Crippen LogP contribution in [0.2, 0.25) is 0 Å². The van der Waals surface area contributed by atoms with E-state index in [0.717, 1.165) is 13.0 Å².